The average molecular weight is 291 g/mol. The third-order valence-corrected chi connectivity index (χ3v) is 3.42. The lowest BCUT2D eigenvalue weighted by molar-refractivity contribution is 0.716. The first-order valence-corrected chi connectivity index (χ1v) is 6.36. The molecular weight excluding hydrogens is 276 g/mol. The molecule has 1 aromatic heterocycles. The van der Waals surface area contributed by atoms with Crippen LogP contribution in [0.15, 0.2) is 47.2 Å². The minimum Gasteiger partial charge on any atom is -0.324 e. The van der Waals surface area contributed by atoms with Gasteiger partial charge in [0, 0.05) is 22.9 Å². The van der Waals surface area contributed by atoms with Gasteiger partial charge in [0.05, 0.1) is 0 Å². The molecule has 0 saturated heterocycles. The minimum atomic E-state index is -0.00539. The van der Waals surface area contributed by atoms with E-state index in [2.05, 4.69) is 52.1 Å². The van der Waals surface area contributed by atoms with Gasteiger partial charge >= 0.3 is 0 Å². The predicted octanol–water partition coefficient (Wildman–Crippen LogP) is 3.40. The summed E-state index contributed by atoms with van der Waals surface area (Å²) in [4.78, 5) is 4.10. The first-order valence-electron chi connectivity index (χ1n) is 5.57. The van der Waals surface area contributed by atoms with Crippen molar-refractivity contribution < 1.29 is 0 Å². The maximum atomic E-state index is 6.22. The Morgan fingerprint density at radius 3 is 2.82 bits per heavy atom. The number of benzene rings is 1. The van der Waals surface area contributed by atoms with Crippen molar-refractivity contribution in [2.75, 3.05) is 0 Å². The van der Waals surface area contributed by atoms with E-state index in [0.717, 1.165) is 22.0 Å². The molecule has 0 aliphatic rings. The van der Waals surface area contributed by atoms with Crippen LogP contribution in [0.1, 0.15) is 22.7 Å². The number of hydrogen-bond donors (Lipinski definition) is 1. The van der Waals surface area contributed by atoms with Crippen molar-refractivity contribution in [1.29, 1.82) is 0 Å². The van der Waals surface area contributed by atoms with Gasteiger partial charge in [0.2, 0.25) is 0 Å². The summed E-state index contributed by atoms with van der Waals surface area (Å²) in [6.45, 7) is 2.07. The first kappa shape index (κ1) is 12.3. The second-order valence-corrected chi connectivity index (χ2v) is 5.05. The van der Waals surface area contributed by atoms with E-state index in [0.29, 0.717) is 0 Å². The second-order valence-electron chi connectivity index (χ2n) is 4.20. The smallest absolute Gasteiger partial charge is 0.0347 e. The molecule has 0 saturated carbocycles. The zero-order chi connectivity index (χ0) is 12.3. The van der Waals surface area contributed by atoms with Gasteiger partial charge in [-0.15, -0.1) is 0 Å². The fourth-order valence-electron chi connectivity index (χ4n) is 1.82. The van der Waals surface area contributed by atoms with E-state index in [4.69, 9.17) is 5.73 Å². The molecule has 88 valence electrons. The Labute approximate surface area is 110 Å². The highest BCUT2D eigenvalue weighted by Gasteiger charge is 2.10. The fraction of sp³-hybridized carbons (Fsp3) is 0.214. The zero-order valence-corrected chi connectivity index (χ0v) is 11.3. The van der Waals surface area contributed by atoms with Crippen LogP contribution in [0.5, 0.6) is 0 Å². The second kappa shape index (κ2) is 5.43. The van der Waals surface area contributed by atoms with E-state index in [9.17, 15) is 0 Å². The minimum absolute atomic E-state index is 0.00539. The van der Waals surface area contributed by atoms with Gasteiger partial charge in [-0.05, 0) is 42.2 Å². The van der Waals surface area contributed by atoms with Crippen LogP contribution in [0.25, 0.3) is 0 Å². The van der Waals surface area contributed by atoms with Gasteiger partial charge in [-0.1, -0.05) is 34.1 Å². The molecule has 0 radical (unpaired) electrons. The van der Waals surface area contributed by atoms with Gasteiger partial charge in [-0.3, -0.25) is 4.98 Å². The SMILES string of the molecule is Cc1ccc(C(N)Cc2cccnc2)c(Br)c1. The number of nitrogens with zero attached hydrogens (tertiary/aromatic N) is 1. The molecule has 2 N–H and O–H groups in total. The highest BCUT2D eigenvalue weighted by molar-refractivity contribution is 9.10. The van der Waals surface area contributed by atoms with Crippen molar-refractivity contribution in [3.63, 3.8) is 0 Å². The zero-order valence-electron chi connectivity index (χ0n) is 9.73. The molecule has 0 amide bonds. The van der Waals surface area contributed by atoms with Crippen LogP contribution >= 0.6 is 15.9 Å². The molecule has 1 heterocycles. The Kier molecular flexibility index (Phi) is 3.92. The van der Waals surface area contributed by atoms with Crippen LogP contribution in [0.2, 0.25) is 0 Å². The van der Waals surface area contributed by atoms with Gasteiger partial charge in [0.25, 0.3) is 0 Å². The standard InChI is InChI=1S/C14H15BrN2/c1-10-4-5-12(13(15)7-10)14(16)8-11-3-2-6-17-9-11/h2-7,9,14H,8,16H2,1H3. The van der Waals surface area contributed by atoms with Gasteiger partial charge in [-0.25, -0.2) is 0 Å². The number of halogens is 1. The van der Waals surface area contributed by atoms with Gasteiger partial charge in [-0.2, -0.15) is 0 Å². The van der Waals surface area contributed by atoms with Crippen molar-refractivity contribution in [3.05, 3.63) is 63.9 Å². The molecule has 17 heavy (non-hydrogen) atoms. The molecule has 1 unspecified atom stereocenters. The van der Waals surface area contributed by atoms with Gasteiger partial charge < -0.3 is 5.73 Å². The Morgan fingerprint density at radius 2 is 2.18 bits per heavy atom. The molecule has 0 aliphatic heterocycles. The lowest BCUT2D eigenvalue weighted by atomic mass is 10.00. The van der Waals surface area contributed by atoms with E-state index in [-0.39, 0.29) is 6.04 Å². The summed E-state index contributed by atoms with van der Waals surface area (Å²) in [5.74, 6) is 0. The van der Waals surface area contributed by atoms with E-state index in [1.165, 1.54) is 5.56 Å². The summed E-state index contributed by atoms with van der Waals surface area (Å²) in [5.41, 5.74) is 9.75. The molecule has 1 atom stereocenters. The third kappa shape index (κ3) is 3.14. The van der Waals surface area contributed by atoms with Crippen LogP contribution in [0, 0.1) is 6.92 Å². The van der Waals surface area contributed by atoms with Crippen molar-refractivity contribution in [3.8, 4) is 0 Å². The number of nitrogens with two attached hydrogens (primary N) is 1. The van der Waals surface area contributed by atoms with E-state index in [1.807, 2.05) is 12.3 Å². The normalized spacial score (nSPS) is 12.4. The molecule has 1 aromatic carbocycles. The van der Waals surface area contributed by atoms with Crippen molar-refractivity contribution >= 4 is 15.9 Å². The van der Waals surface area contributed by atoms with Crippen LogP contribution < -0.4 is 5.73 Å². The third-order valence-electron chi connectivity index (χ3n) is 2.73. The Balaban J connectivity index is 2.17. The van der Waals surface area contributed by atoms with Crippen LogP contribution in [0.4, 0.5) is 0 Å². The van der Waals surface area contributed by atoms with Crippen molar-refractivity contribution in [1.82, 2.24) is 4.98 Å². The molecule has 0 spiro atoms. The fourth-order valence-corrected chi connectivity index (χ4v) is 2.60. The number of pyridine rings is 1. The topological polar surface area (TPSA) is 38.9 Å². The summed E-state index contributed by atoms with van der Waals surface area (Å²) in [5, 5.41) is 0. The molecule has 2 nitrogen and oxygen atoms in total. The molecule has 3 heteroatoms. The Morgan fingerprint density at radius 1 is 1.35 bits per heavy atom. The number of aryl methyl sites for hydroxylation is 1. The Hall–Kier alpha value is -1.19. The van der Waals surface area contributed by atoms with Crippen molar-refractivity contribution in [2.24, 2.45) is 5.73 Å². The summed E-state index contributed by atoms with van der Waals surface area (Å²) >= 11 is 3.57. The molecule has 2 rings (SSSR count). The maximum Gasteiger partial charge on any atom is 0.0347 e. The van der Waals surface area contributed by atoms with E-state index < -0.39 is 0 Å². The van der Waals surface area contributed by atoms with Crippen LogP contribution in [-0.4, -0.2) is 4.98 Å². The quantitative estimate of drug-likeness (QED) is 0.941. The average Bonchev–Trinajstić information content (AvgIpc) is 2.30. The summed E-state index contributed by atoms with van der Waals surface area (Å²) in [7, 11) is 0. The summed E-state index contributed by atoms with van der Waals surface area (Å²) in [6, 6.07) is 10.2. The highest BCUT2D eigenvalue weighted by atomic mass is 79.9. The highest BCUT2D eigenvalue weighted by Crippen LogP contribution is 2.25. The van der Waals surface area contributed by atoms with E-state index in [1.54, 1.807) is 6.20 Å². The molecule has 0 fully saturated rings. The van der Waals surface area contributed by atoms with Gasteiger partial charge in [0.1, 0.15) is 0 Å². The number of hydrogen-bond acceptors (Lipinski definition) is 2. The lowest BCUT2D eigenvalue weighted by Crippen LogP contribution is -2.14. The van der Waals surface area contributed by atoms with Gasteiger partial charge in [0.15, 0.2) is 0 Å². The van der Waals surface area contributed by atoms with Crippen LogP contribution in [-0.2, 0) is 6.42 Å². The predicted molar refractivity (Wildman–Crippen MR) is 73.7 cm³/mol. The number of aromatic nitrogens is 1. The molecule has 0 aliphatic carbocycles. The number of rotatable bonds is 3. The monoisotopic (exact) mass is 290 g/mol. The summed E-state index contributed by atoms with van der Waals surface area (Å²) in [6.07, 6.45) is 4.44. The molecule has 2 aromatic rings. The largest absolute Gasteiger partial charge is 0.324 e. The summed E-state index contributed by atoms with van der Waals surface area (Å²) < 4.78 is 1.08. The first-order chi connectivity index (χ1) is 8.16. The lowest BCUT2D eigenvalue weighted by Gasteiger charge is -2.14. The van der Waals surface area contributed by atoms with Crippen LogP contribution in [0.3, 0.4) is 0 Å². The molecular formula is C14H15BrN2. The van der Waals surface area contributed by atoms with E-state index >= 15 is 0 Å². The Bertz CT molecular complexity index is 497. The van der Waals surface area contributed by atoms with Crippen molar-refractivity contribution in [2.45, 2.75) is 19.4 Å². The maximum absolute atomic E-state index is 6.22. The molecule has 0 bridgehead atoms.